The number of aryl methyl sites for hydroxylation is 1. The summed E-state index contributed by atoms with van der Waals surface area (Å²) in [6, 6.07) is 5.47. The molecule has 1 aromatic heterocycles. The highest BCUT2D eigenvalue weighted by Gasteiger charge is 2.32. The molecule has 27 heavy (non-hydrogen) atoms. The Kier molecular flexibility index (Phi) is 5.04. The van der Waals surface area contributed by atoms with Crippen LogP contribution in [0.4, 0.5) is 17.6 Å². The van der Waals surface area contributed by atoms with Gasteiger partial charge in [-0.15, -0.1) is 0 Å². The Hall–Kier alpha value is -2.70. The zero-order chi connectivity index (χ0) is 19.8. The third-order valence-corrected chi connectivity index (χ3v) is 4.72. The van der Waals surface area contributed by atoms with Gasteiger partial charge in [0.25, 0.3) is 0 Å². The van der Waals surface area contributed by atoms with Crippen LogP contribution in [0.5, 0.6) is 0 Å². The summed E-state index contributed by atoms with van der Waals surface area (Å²) in [6.45, 7) is 1.68. The van der Waals surface area contributed by atoms with Crippen molar-refractivity contribution in [1.29, 1.82) is 5.41 Å². The van der Waals surface area contributed by atoms with E-state index >= 15 is 0 Å². The van der Waals surface area contributed by atoms with Crippen molar-refractivity contribution in [3.05, 3.63) is 64.2 Å². The van der Waals surface area contributed by atoms with Crippen molar-refractivity contribution in [3.63, 3.8) is 0 Å². The summed E-state index contributed by atoms with van der Waals surface area (Å²) < 4.78 is 58.1. The molecule has 0 saturated heterocycles. The molecule has 0 bridgehead atoms. The van der Waals surface area contributed by atoms with Gasteiger partial charge in [-0.05, 0) is 66.7 Å². The minimum atomic E-state index is -4.47. The van der Waals surface area contributed by atoms with Crippen molar-refractivity contribution >= 4 is 17.0 Å². The molecule has 1 aliphatic rings. The van der Waals surface area contributed by atoms with Crippen molar-refractivity contribution in [2.45, 2.75) is 32.4 Å². The molecule has 142 valence electrons. The lowest BCUT2D eigenvalue weighted by Crippen LogP contribution is -2.08. The Labute approximate surface area is 154 Å². The molecule has 0 fully saturated rings. The van der Waals surface area contributed by atoms with Gasteiger partial charge in [0.15, 0.2) is 0 Å². The van der Waals surface area contributed by atoms with Gasteiger partial charge in [-0.1, -0.05) is 6.07 Å². The average Bonchev–Trinajstić information content (AvgIpc) is 3.10. The van der Waals surface area contributed by atoms with E-state index in [0.29, 0.717) is 29.7 Å². The lowest BCUT2D eigenvalue weighted by molar-refractivity contribution is -0.137. The SMILES string of the molecule is COC(=N)c1cc(C2=C(c3cc(C(F)(F)F)cnc3C)CCC2)ccc1F. The van der Waals surface area contributed by atoms with Crippen LogP contribution < -0.4 is 0 Å². The first-order valence-electron chi connectivity index (χ1n) is 8.41. The molecule has 1 heterocycles. The highest BCUT2D eigenvalue weighted by atomic mass is 19.4. The summed E-state index contributed by atoms with van der Waals surface area (Å²) in [5, 5.41) is 7.72. The maximum absolute atomic E-state index is 14.0. The number of hydrogen-bond acceptors (Lipinski definition) is 3. The van der Waals surface area contributed by atoms with Crippen molar-refractivity contribution in [1.82, 2.24) is 4.98 Å². The van der Waals surface area contributed by atoms with Crippen LogP contribution in [0.15, 0.2) is 30.5 Å². The number of nitrogens with zero attached hydrogens (tertiary/aromatic N) is 1. The molecule has 7 heteroatoms. The maximum Gasteiger partial charge on any atom is 0.417 e. The Bertz CT molecular complexity index is 932. The fraction of sp³-hybridized carbons (Fsp3) is 0.300. The van der Waals surface area contributed by atoms with E-state index < -0.39 is 17.6 Å². The van der Waals surface area contributed by atoms with Crippen LogP contribution in [0, 0.1) is 18.2 Å². The normalized spacial score (nSPS) is 14.6. The number of allylic oxidation sites excluding steroid dienone is 2. The fourth-order valence-corrected chi connectivity index (χ4v) is 3.35. The summed E-state index contributed by atoms with van der Waals surface area (Å²) in [4.78, 5) is 3.92. The molecule has 0 saturated carbocycles. The molecule has 0 unspecified atom stereocenters. The Balaban J connectivity index is 2.14. The second kappa shape index (κ2) is 7.13. The fourth-order valence-electron chi connectivity index (χ4n) is 3.35. The maximum atomic E-state index is 14.0. The molecule has 1 aliphatic carbocycles. The number of halogens is 4. The van der Waals surface area contributed by atoms with Crippen LogP contribution in [-0.2, 0) is 10.9 Å². The van der Waals surface area contributed by atoms with E-state index in [1.165, 1.54) is 19.2 Å². The predicted molar refractivity (Wildman–Crippen MR) is 94.9 cm³/mol. The van der Waals surface area contributed by atoms with Gasteiger partial charge in [0.1, 0.15) is 5.82 Å². The monoisotopic (exact) mass is 378 g/mol. The lowest BCUT2D eigenvalue weighted by Gasteiger charge is -2.14. The Morgan fingerprint density at radius 3 is 2.52 bits per heavy atom. The molecule has 1 N–H and O–H groups in total. The molecule has 3 rings (SSSR count). The van der Waals surface area contributed by atoms with Gasteiger partial charge in [0.05, 0.1) is 18.2 Å². The molecule has 0 radical (unpaired) electrons. The van der Waals surface area contributed by atoms with Gasteiger partial charge >= 0.3 is 6.18 Å². The van der Waals surface area contributed by atoms with Crippen LogP contribution in [-0.4, -0.2) is 18.0 Å². The van der Waals surface area contributed by atoms with Gasteiger partial charge in [-0.3, -0.25) is 10.4 Å². The first kappa shape index (κ1) is 19.1. The topological polar surface area (TPSA) is 46.0 Å². The van der Waals surface area contributed by atoms with E-state index in [1.54, 1.807) is 13.0 Å². The second-order valence-electron chi connectivity index (χ2n) is 6.39. The third-order valence-electron chi connectivity index (χ3n) is 4.72. The third kappa shape index (κ3) is 3.72. The van der Waals surface area contributed by atoms with Gasteiger partial charge in [0.2, 0.25) is 5.90 Å². The number of hydrogen-bond donors (Lipinski definition) is 1. The smallest absolute Gasteiger partial charge is 0.417 e. The highest BCUT2D eigenvalue weighted by molar-refractivity contribution is 5.97. The van der Waals surface area contributed by atoms with Gasteiger partial charge in [-0.2, -0.15) is 13.2 Å². The van der Waals surface area contributed by atoms with Gasteiger partial charge in [-0.25, -0.2) is 4.39 Å². The number of benzene rings is 1. The van der Waals surface area contributed by atoms with E-state index in [2.05, 4.69) is 4.98 Å². The number of aromatic nitrogens is 1. The second-order valence-corrected chi connectivity index (χ2v) is 6.39. The molecule has 0 aliphatic heterocycles. The van der Waals surface area contributed by atoms with Crippen LogP contribution in [0.3, 0.4) is 0 Å². The summed E-state index contributed by atoms with van der Waals surface area (Å²) in [5.41, 5.74) is 2.53. The molecular formula is C20H18F4N2O. The molecule has 3 nitrogen and oxygen atoms in total. The van der Waals surface area contributed by atoms with Crippen LogP contribution in [0.2, 0.25) is 0 Å². The van der Waals surface area contributed by atoms with E-state index in [-0.39, 0.29) is 11.5 Å². The summed E-state index contributed by atoms with van der Waals surface area (Å²) in [7, 11) is 1.28. The molecule has 2 aromatic rings. The Morgan fingerprint density at radius 2 is 1.85 bits per heavy atom. The van der Waals surface area contributed by atoms with E-state index in [4.69, 9.17) is 10.1 Å². The van der Waals surface area contributed by atoms with Crippen LogP contribution in [0.25, 0.3) is 11.1 Å². The Morgan fingerprint density at radius 1 is 1.15 bits per heavy atom. The number of ether oxygens (including phenoxy) is 1. The number of pyridine rings is 1. The van der Waals surface area contributed by atoms with Crippen LogP contribution >= 0.6 is 0 Å². The molecular weight excluding hydrogens is 360 g/mol. The number of methoxy groups -OCH3 is 1. The minimum absolute atomic E-state index is 0.0210. The number of alkyl halides is 3. The summed E-state index contributed by atoms with van der Waals surface area (Å²) in [5.74, 6) is -0.880. The highest BCUT2D eigenvalue weighted by Crippen LogP contribution is 2.42. The van der Waals surface area contributed by atoms with Crippen molar-refractivity contribution < 1.29 is 22.3 Å². The predicted octanol–water partition coefficient (Wildman–Crippen LogP) is 5.61. The van der Waals surface area contributed by atoms with Gasteiger partial charge in [0, 0.05) is 11.9 Å². The van der Waals surface area contributed by atoms with E-state index in [9.17, 15) is 17.6 Å². The van der Waals surface area contributed by atoms with E-state index in [0.717, 1.165) is 29.8 Å². The zero-order valence-electron chi connectivity index (χ0n) is 14.9. The van der Waals surface area contributed by atoms with Crippen molar-refractivity contribution in [2.75, 3.05) is 7.11 Å². The number of rotatable bonds is 3. The zero-order valence-corrected chi connectivity index (χ0v) is 14.9. The first-order valence-corrected chi connectivity index (χ1v) is 8.41. The summed E-state index contributed by atoms with van der Waals surface area (Å²) >= 11 is 0. The van der Waals surface area contributed by atoms with Crippen molar-refractivity contribution in [2.24, 2.45) is 0 Å². The summed E-state index contributed by atoms with van der Waals surface area (Å²) in [6.07, 6.45) is -1.56. The first-order chi connectivity index (χ1) is 12.7. The quantitative estimate of drug-likeness (QED) is 0.428. The molecule has 1 aromatic carbocycles. The van der Waals surface area contributed by atoms with Crippen LogP contribution in [0.1, 0.15) is 47.2 Å². The molecule has 0 atom stereocenters. The van der Waals surface area contributed by atoms with Crippen molar-refractivity contribution in [3.8, 4) is 0 Å². The van der Waals surface area contributed by atoms with E-state index in [1.807, 2.05) is 0 Å². The molecule has 0 amide bonds. The molecule has 0 spiro atoms. The average molecular weight is 378 g/mol. The standard InChI is InChI=1S/C20H18F4N2O/c1-11-16(9-13(10-26-11)20(22,23)24)15-5-3-4-14(15)12-6-7-18(21)17(8-12)19(25)27-2/h6-10,25H,3-5H2,1-2H3. The largest absolute Gasteiger partial charge is 0.481 e. The minimum Gasteiger partial charge on any atom is -0.481 e. The number of nitrogens with one attached hydrogen (secondary N) is 1. The lowest BCUT2D eigenvalue weighted by atomic mass is 9.94. The van der Waals surface area contributed by atoms with Gasteiger partial charge < -0.3 is 4.74 Å².